The van der Waals surface area contributed by atoms with E-state index in [2.05, 4.69) is 0 Å². The first-order valence-corrected chi connectivity index (χ1v) is 7.78. The minimum Gasteiger partial charge on any atom is -0.383 e. The van der Waals surface area contributed by atoms with Crippen LogP contribution in [0.3, 0.4) is 0 Å². The van der Waals surface area contributed by atoms with Gasteiger partial charge >= 0.3 is 7.60 Å². The van der Waals surface area contributed by atoms with Gasteiger partial charge in [0.15, 0.2) is 5.52 Å². The molecule has 0 aromatic rings. The molecule has 0 radical (unpaired) electrons. The Kier molecular flexibility index (Phi) is 5.15. The zero-order valence-corrected chi connectivity index (χ0v) is 10.6. The minimum atomic E-state index is -4.77. The van der Waals surface area contributed by atoms with Crippen molar-refractivity contribution in [3.8, 4) is 0 Å². The summed E-state index contributed by atoms with van der Waals surface area (Å²) in [5.74, 6) is -1.68. The highest BCUT2D eigenvalue weighted by Crippen LogP contribution is 2.64. The van der Waals surface area contributed by atoms with Crippen LogP contribution in [-0.2, 0) is 9.13 Å². The lowest BCUT2D eigenvalue weighted by molar-refractivity contribution is 0.226. The first kappa shape index (κ1) is 15.3. The van der Waals surface area contributed by atoms with E-state index in [1.54, 1.807) is 6.92 Å². The quantitative estimate of drug-likeness (QED) is 0.514. The lowest BCUT2D eigenvalue weighted by Gasteiger charge is -2.32. The van der Waals surface area contributed by atoms with Crippen LogP contribution >= 0.6 is 15.0 Å². The fourth-order valence-electron chi connectivity index (χ4n) is 1.11. The molecule has 0 bridgehead atoms. The fraction of sp³-hybridized carbons (Fsp3) is 1.00. The third-order valence-corrected chi connectivity index (χ3v) is 7.08. The maximum absolute atomic E-state index is 11.6. The molecule has 0 aliphatic heterocycles. The Hall–Kier alpha value is 0.260. The number of hydrogen-bond donors (Lipinski definition) is 4. The predicted molar refractivity (Wildman–Crippen MR) is 55.6 cm³/mol. The molecular weight excluding hydrogens is 244 g/mol. The normalized spacial score (nSPS) is 21.1. The van der Waals surface area contributed by atoms with Crippen molar-refractivity contribution in [1.29, 1.82) is 0 Å². The Morgan fingerprint density at radius 1 is 1.27 bits per heavy atom. The van der Waals surface area contributed by atoms with E-state index in [1.807, 2.05) is 0 Å². The summed E-state index contributed by atoms with van der Waals surface area (Å²) in [7, 11) is -7.81. The van der Waals surface area contributed by atoms with Gasteiger partial charge in [-0.2, -0.15) is 0 Å². The number of rotatable bonds is 5. The third-order valence-electron chi connectivity index (χ3n) is 2.06. The van der Waals surface area contributed by atoms with Crippen molar-refractivity contribution < 1.29 is 28.9 Å². The molecule has 0 heterocycles. The molecule has 0 spiro atoms. The topological polar surface area (TPSA) is 118 Å². The van der Waals surface area contributed by atoms with E-state index in [4.69, 9.17) is 14.9 Å². The molecule has 3 unspecified atom stereocenters. The van der Waals surface area contributed by atoms with Crippen LogP contribution in [0, 0.1) is 0 Å². The maximum atomic E-state index is 11.6. The van der Waals surface area contributed by atoms with Crippen molar-refractivity contribution in [3.05, 3.63) is 0 Å². The molecular formula is C6H17NO6P2. The van der Waals surface area contributed by atoms with Gasteiger partial charge in [-0.25, -0.2) is 0 Å². The molecule has 15 heavy (non-hydrogen) atoms. The van der Waals surface area contributed by atoms with Crippen LogP contribution in [0.2, 0.25) is 0 Å². The van der Waals surface area contributed by atoms with Gasteiger partial charge in [0.25, 0.3) is 7.37 Å². The molecule has 0 rings (SSSR count). The van der Waals surface area contributed by atoms with Crippen LogP contribution in [0.25, 0.3) is 0 Å². The van der Waals surface area contributed by atoms with Gasteiger partial charge in [0.2, 0.25) is 0 Å². The molecule has 3 atom stereocenters. The second-order valence-electron chi connectivity index (χ2n) is 3.31. The van der Waals surface area contributed by atoms with Gasteiger partial charge in [0.1, 0.15) is 5.85 Å². The summed E-state index contributed by atoms with van der Waals surface area (Å²) in [6.45, 7) is 2.81. The average molecular weight is 261 g/mol. The van der Waals surface area contributed by atoms with Crippen molar-refractivity contribution in [3.63, 3.8) is 0 Å². The molecule has 92 valence electrons. The standard InChI is InChI=1S/C6H17NO6P2/c1-4-7(3)6(15(11,12)13)14(9,10)5(2)8/h5-6,8H,4H2,1-3H3,(H,9,10)(H2,11,12,13). The van der Waals surface area contributed by atoms with Crippen LogP contribution in [0.15, 0.2) is 0 Å². The Bertz CT molecular complexity index is 300. The van der Waals surface area contributed by atoms with Gasteiger partial charge in [-0.1, -0.05) is 6.92 Å². The fourth-order valence-corrected chi connectivity index (χ4v) is 5.21. The van der Waals surface area contributed by atoms with E-state index < -0.39 is 26.3 Å². The number of aliphatic hydroxyl groups is 1. The SMILES string of the molecule is CCN(C)C(P(=O)(O)O)P(=O)(O)C(C)O. The van der Waals surface area contributed by atoms with Crippen LogP contribution in [-0.4, -0.2) is 49.6 Å². The summed E-state index contributed by atoms with van der Waals surface area (Å²) < 4.78 is 22.7. The summed E-state index contributed by atoms with van der Waals surface area (Å²) >= 11 is 0. The smallest absolute Gasteiger partial charge is 0.352 e. The van der Waals surface area contributed by atoms with Crippen LogP contribution in [0.4, 0.5) is 0 Å². The number of aliphatic hydroxyl groups excluding tert-OH is 1. The van der Waals surface area contributed by atoms with Crippen LogP contribution in [0.5, 0.6) is 0 Å². The maximum Gasteiger partial charge on any atom is 0.352 e. The Labute approximate surface area is 88.3 Å². The molecule has 7 nitrogen and oxygen atoms in total. The molecule has 0 saturated carbocycles. The van der Waals surface area contributed by atoms with Gasteiger partial charge in [0.05, 0.1) is 0 Å². The Morgan fingerprint density at radius 3 is 1.87 bits per heavy atom. The second-order valence-corrected chi connectivity index (χ2v) is 7.97. The lowest BCUT2D eigenvalue weighted by atomic mass is 10.7. The monoisotopic (exact) mass is 261 g/mol. The summed E-state index contributed by atoms with van der Waals surface area (Å²) in [6, 6.07) is 0. The van der Waals surface area contributed by atoms with Gasteiger partial charge in [0, 0.05) is 0 Å². The van der Waals surface area contributed by atoms with Gasteiger partial charge in [-0.15, -0.1) is 0 Å². The highest BCUT2D eigenvalue weighted by atomic mass is 31.2. The minimum absolute atomic E-state index is 0.188. The predicted octanol–water partition coefficient (Wildman–Crippen LogP) is 0.00810. The largest absolute Gasteiger partial charge is 0.383 e. The highest BCUT2D eigenvalue weighted by Gasteiger charge is 2.49. The molecule has 0 aliphatic rings. The summed E-state index contributed by atoms with van der Waals surface area (Å²) in [4.78, 5) is 28.5. The van der Waals surface area contributed by atoms with Gasteiger partial charge in [-0.3, -0.25) is 14.0 Å². The molecule has 0 aromatic heterocycles. The van der Waals surface area contributed by atoms with Gasteiger partial charge < -0.3 is 19.8 Å². The van der Waals surface area contributed by atoms with Crippen LogP contribution < -0.4 is 0 Å². The van der Waals surface area contributed by atoms with E-state index >= 15 is 0 Å². The summed E-state index contributed by atoms with van der Waals surface area (Å²) in [5.41, 5.74) is -1.85. The highest BCUT2D eigenvalue weighted by molar-refractivity contribution is 7.74. The Morgan fingerprint density at radius 2 is 1.67 bits per heavy atom. The van der Waals surface area contributed by atoms with Crippen molar-refractivity contribution in [1.82, 2.24) is 4.90 Å². The zero-order valence-electron chi connectivity index (χ0n) is 8.81. The van der Waals surface area contributed by atoms with E-state index in [0.29, 0.717) is 0 Å². The molecule has 0 fully saturated rings. The van der Waals surface area contributed by atoms with Crippen molar-refractivity contribution >= 4 is 15.0 Å². The first-order chi connectivity index (χ1) is 6.55. The molecule has 9 heteroatoms. The number of nitrogens with zero attached hydrogens (tertiary/aromatic N) is 1. The van der Waals surface area contributed by atoms with E-state index in [1.165, 1.54) is 7.05 Å². The first-order valence-electron chi connectivity index (χ1n) is 4.30. The van der Waals surface area contributed by atoms with Crippen molar-refractivity contribution in [2.45, 2.75) is 25.2 Å². The van der Waals surface area contributed by atoms with Gasteiger partial charge in [-0.05, 0) is 20.5 Å². The average Bonchev–Trinajstić information content (AvgIpc) is 2.00. The molecule has 0 aliphatic carbocycles. The summed E-state index contributed by atoms with van der Waals surface area (Å²) in [5, 5.41) is 9.08. The van der Waals surface area contributed by atoms with Crippen molar-refractivity contribution in [2.24, 2.45) is 0 Å². The third kappa shape index (κ3) is 3.64. The molecule has 0 amide bonds. The summed E-state index contributed by atoms with van der Waals surface area (Å²) in [6.07, 6.45) is 0. The van der Waals surface area contributed by atoms with E-state index in [9.17, 15) is 14.0 Å². The zero-order chi connectivity index (χ0) is 12.4. The van der Waals surface area contributed by atoms with Crippen molar-refractivity contribution in [2.75, 3.05) is 13.6 Å². The molecule has 0 saturated heterocycles. The second kappa shape index (κ2) is 5.06. The Balaban J connectivity index is 5.32. The lowest BCUT2D eigenvalue weighted by Crippen LogP contribution is -2.33. The molecule has 0 aromatic carbocycles. The molecule has 4 N–H and O–H groups in total. The van der Waals surface area contributed by atoms with Crippen LogP contribution in [0.1, 0.15) is 13.8 Å². The number of hydrogen-bond acceptors (Lipinski definition) is 4. The van der Waals surface area contributed by atoms with E-state index in [0.717, 1.165) is 11.8 Å². The van der Waals surface area contributed by atoms with E-state index in [-0.39, 0.29) is 6.54 Å².